The number of anilines is 1. The summed E-state index contributed by atoms with van der Waals surface area (Å²) in [6.07, 6.45) is 27.6. The minimum absolute atomic E-state index is 0.0399. The van der Waals surface area contributed by atoms with Crippen LogP contribution in [0.3, 0.4) is 0 Å². The summed E-state index contributed by atoms with van der Waals surface area (Å²) in [6, 6.07) is 19.0. The molecule has 6 aromatic rings. The van der Waals surface area contributed by atoms with Gasteiger partial charge in [-0.3, -0.25) is 14.3 Å². The van der Waals surface area contributed by atoms with Gasteiger partial charge in [-0.2, -0.15) is 0 Å². The number of nitrogens with one attached hydrogen (secondary N) is 1. The van der Waals surface area contributed by atoms with Gasteiger partial charge in [-0.15, -0.1) is 4.36 Å². The zero-order valence-corrected chi connectivity index (χ0v) is 50.9. The first kappa shape index (κ1) is 60.1. The molecule has 2 aliphatic carbocycles. The lowest BCUT2D eigenvalue weighted by atomic mass is 9.68. The van der Waals surface area contributed by atoms with E-state index in [2.05, 4.69) is 63.0 Å². The zero-order valence-electron chi connectivity index (χ0n) is 49.3. The summed E-state index contributed by atoms with van der Waals surface area (Å²) in [5.74, 6) is -1.05. The van der Waals surface area contributed by atoms with Crippen LogP contribution in [0.2, 0.25) is 5.02 Å². The second-order valence-electron chi connectivity index (χ2n) is 23.9. The van der Waals surface area contributed by atoms with E-state index in [9.17, 15) is 28.2 Å². The van der Waals surface area contributed by atoms with Gasteiger partial charge in [0.1, 0.15) is 15.7 Å². The Kier molecular flexibility index (Phi) is 18.0. The molecular weight excluding hydrogens is 1130 g/mol. The van der Waals surface area contributed by atoms with Crippen molar-refractivity contribution >= 4 is 63.0 Å². The zero-order chi connectivity index (χ0) is 60.3. The number of amides is 2. The normalized spacial score (nSPS) is 24.1. The van der Waals surface area contributed by atoms with Crippen molar-refractivity contribution < 1.29 is 52.2 Å². The fraction of sp³-hybridized carbons (Fsp3) is 0.439. The van der Waals surface area contributed by atoms with Gasteiger partial charge in [0.05, 0.1) is 60.6 Å². The Hall–Kier alpha value is -7.61. The van der Waals surface area contributed by atoms with Crippen molar-refractivity contribution in [2.75, 3.05) is 51.7 Å². The van der Waals surface area contributed by atoms with Gasteiger partial charge >= 0.3 is 17.9 Å². The number of halogens is 1. The second kappa shape index (κ2) is 25.8. The van der Waals surface area contributed by atoms with E-state index in [1.54, 1.807) is 37.8 Å². The molecule has 2 amide bonds. The lowest BCUT2D eigenvalue weighted by Crippen LogP contribution is -2.49. The molecule has 8 aliphatic rings. The smallest absolute Gasteiger partial charge is 0.339 e. The van der Waals surface area contributed by atoms with Gasteiger partial charge in [0.15, 0.2) is 0 Å². The molecule has 4 aromatic heterocycles. The lowest BCUT2D eigenvalue weighted by molar-refractivity contribution is 0.0131. The minimum Gasteiger partial charge on any atom is -0.490 e. The Labute approximate surface area is 507 Å². The predicted molar refractivity (Wildman–Crippen MR) is 329 cm³/mol. The number of fused-ring (bicyclic) bond motifs is 8. The molecule has 10 heterocycles. The van der Waals surface area contributed by atoms with E-state index in [0.29, 0.717) is 58.4 Å². The third-order valence-corrected chi connectivity index (χ3v) is 20.3. The summed E-state index contributed by atoms with van der Waals surface area (Å²) < 4.78 is 51.8. The number of rotatable bonds is 6. The van der Waals surface area contributed by atoms with Crippen molar-refractivity contribution in [1.29, 1.82) is 0 Å². The Balaban J connectivity index is 0.000000173. The number of aryl methyl sites for hydroxylation is 7. The highest BCUT2D eigenvalue weighted by molar-refractivity contribution is 7.92. The molecule has 20 heteroatoms. The third kappa shape index (κ3) is 13.1. The maximum absolute atomic E-state index is 14.6. The lowest BCUT2D eigenvalue weighted by Gasteiger charge is -2.46. The summed E-state index contributed by atoms with van der Waals surface area (Å²) in [5.41, 5.74) is 10.2. The van der Waals surface area contributed by atoms with Crippen molar-refractivity contribution in [3.8, 4) is 5.75 Å². The van der Waals surface area contributed by atoms with Crippen LogP contribution < -0.4 is 14.4 Å². The molecule has 1 fully saturated rings. The van der Waals surface area contributed by atoms with Gasteiger partial charge in [-0.05, 0) is 167 Å². The van der Waals surface area contributed by atoms with Crippen LogP contribution in [0.25, 0.3) is 6.08 Å². The quantitative estimate of drug-likeness (QED) is 0.118. The summed E-state index contributed by atoms with van der Waals surface area (Å²) in [6.45, 7) is 7.73. The number of hydrogen-bond acceptors (Lipinski definition) is 11. The number of methoxy groups -OCH3 is 3. The Morgan fingerprint density at radius 2 is 1.42 bits per heavy atom. The Morgan fingerprint density at radius 3 is 2.06 bits per heavy atom. The Morgan fingerprint density at radius 1 is 0.767 bits per heavy atom. The molecule has 0 radical (unpaired) electrons. The van der Waals surface area contributed by atoms with Gasteiger partial charge in [0, 0.05) is 110 Å². The van der Waals surface area contributed by atoms with Gasteiger partial charge in [0.2, 0.25) is 0 Å². The van der Waals surface area contributed by atoms with Gasteiger partial charge < -0.3 is 47.2 Å². The van der Waals surface area contributed by atoms with Crippen molar-refractivity contribution in [3.63, 3.8) is 0 Å². The summed E-state index contributed by atoms with van der Waals surface area (Å²) in [7, 11) is 1.09. The van der Waals surface area contributed by atoms with Gasteiger partial charge in [-0.25, -0.2) is 18.6 Å². The fourth-order valence-corrected chi connectivity index (χ4v) is 15.7. The molecule has 14 rings (SSSR count). The topological polar surface area (TPSA) is 207 Å². The molecule has 18 nitrogen and oxygen atoms in total. The molecule has 86 heavy (non-hydrogen) atoms. The number of carboxylic acid groups (broad SMARTS) is 1. The standard InChI is InChI=1S/C40H47ClN4O5S.C9H11NO2.C9H9NO2.C8H9NO2/c1-26-6-3-9-36(49-2)33-13-10-29(33)21-45-24-40(16-4-7-27-18-31(41)12-14-34(27)40)25-50-37-15-11-28(20-35(37)45)38(46)42-51(48,23-26)43-39(47)30-19-32-8-5-17-44(32)22-30;2*1-12-9(11)7-5-8-3-2-4-10(8)6-7;10-8(11)6-4-7-2-1-3-9(7)5-6/h3,9,11-12,14-15,18-20,22,26,29,33,36H,4-8,10,13,16-17,21,23-25H2,1-2H3,(H,42,43,46,47,48);5-6H,2-4H2,1H3;2-3,5-6H,4H2,1H3;4-5H,1-3H2,(H,10,11)/b9-3+;;;/t26-,29-,33+,36-,40-,51?;;;/m0.../s1. The molecule has 454 valence electrons. The molecule has 2 N–H and O–H groups in total. The molecule has 6 atom stereocenters. The van der Waals surface area contributed by atoms with Crippen molar-refractivity contribution in [2.45, 2.75) is 122 Å². The average molecular weight is 1210 g/mol. The first-order valence-electron chi connectivity index (χ1n) is 30.0. The van der Waals surface area contributed by atoms with Crippen LogP contribution in [-0.4, -0.2) is 110 Å². The van der Waals surface area contributed by atoms with E-state index in [1.165, 1.54) is 37.5 Å². The number of carbonyl (C=O) groups is 5. The van der Waals surface area contributed by atoms with E-state index in [1.807, 2.05) is 64.7 Å². The maximum atomic E-state index is 14.6. The molecule has 2 aromatic carbocycles. The molecule has 2 bridgehead atoms. The number of esters is 2. The number of allylic oxidation sites excluding steroid dienone is 2. The number of hydrogen-bond donors (Lipinski definition) is 2. The molecule has 0 saturated heterocycles. The number of benzene rings is 2. The van der Waals surface area contributed by atoms with E-state index in [4.69, 9.17) is 26.2 Å². The molecule has 1 spiro atoms. The van der Waals surface area contributed by atoms with Crippen LogP contribution in [0, 0.1) is 17.8 Å². The largest absolute Gasteiger partial charge is 0.490 e. The molecular formula is C66H76ClN7O11S. The number of carboxylic acids is 1. The van der Waals surface area contributed by atoms with E-state index >= 15 is 0 Å². The van der Waals surface area contributed by atoms with Crippen LogP contribution in [0.1, 0.15) is 144 Å². The van der Waals surface area contributed by atoms with E-state index in [-0.39, 0.29) is 35.1 Å². The highest BCUT2D eigenvalue weighted by Gasteiger charge is 2.44. The van der Waals surface area contributed by atoms with Crippen molar-refractivity contribution in [3.05, 3.63) is 170 Å². The fourth-order valence-electron chi connectivity index (χ4n) is 13.6. The average Bonchev–Trinajstić information content (AvgIpc) is 2.29. The summed E-state index contributed by atoms with van der Waals surface area (Å²) in [5, 5.41) is 9.38. The first-order valence-corrected chi connectivity index (χ1v) is 32.0. The monoisotopic (exact) mass is 1210 g/mol. The van der Waals surface area contributed by atoms with E-state index in [0.717, 1.165) is 131 Å². The molecule has 1 saturated carbocycles. The SMILES string of the molecule is COC(=O)c1cc2n(c1)CC=C2.COC(=O)c1cc2n(c1)CCC2.CO[C@H]1/C=C/C[C@H](C)CS(=O)(NC(=O)c2cc3n(c2)CCC3)=NC(=O)c2ccc3c(c2)N(C[C@@H]2CC[C@H]21)C[C@@]1(CCCc2cc(Cl)ccc21)CO3.O=C(O)c1cc2n(c1)CCC2. The van der Waals surface area contributed by atoms with E-state index < -0.39 is 27.7 Å². The van der Waals surface area contributed by atoms with Crippen LogP contribution in [0.15, 0.2) is 108 Å². The predicted octanol–water partition coefficient (Wildman–Crippen LogP) is 10.8. The number of ether oxygens (including phenoxy) is 4. The number of carbonyl (C=O) groups excluding carboxylic acids is 4. The number of aromatic nitrogens is 4. The van der Waals surface area contributed by atoms with Crippen molar-refractivity contribution in [1.82, 2.24) is 23.0 Å². The third-order valence-electron chi connectivity index (χ3n) is 18.1. The Bertz CT molecular complexity index is 3700. The minimum atomic E-state index is -3.49. The summed E-state index contributed by atoms with van der Waals surface area (Å²) >= 11 is 6.46. The van der Waals surface area contributed by atoms with Gasteiger partial charge in [-0.1, -0.05) is 42.8 Å². The highest BCUT2D eigenvalue weighted by atomic mass is 35.5. The van der Waals surface area contributed by atoms with Crippen LogP contribution in [0.4, 0.5) is 5.69 Å². The highest BCUT2D eigenvalue weighted by Crippen LogP contribution is 2.47. The first-order chi connectivity index (χ1) is 41.5. The van der Waals surface area contributed by atoms with Crippen molar-refractivity contribution in [2.24, 2.45) is 22.1 Å². The maximum Gasteiger partial charge on any atom is 0.339 e. The second-order valence-corrected chi connectivity index (χ2v) is 26.4. The van der Waals surface area contributed by atoms with Crippen LogP contribution >= 0.6 is 11.6 Å². The van der Waals surface area contributed by atoms with Crippen LogP contribution in [0.5, 0.6) is 5.75 Å². The van der Waals surface area contributed by atoms with Crippen LogP contribution in [-0.2, 0) is 81.4 Å². The van der Waals surface area contributed by atoms with Gasteiger partial charge in [0.25, 0.3) is 11.8 Å². The molecule has 1 unspecified atom stereocenters. The number of nitrogens with zero attached hydrogens (tertiary/aromatic N) is 6. The molecule has 6 aliphatic heterocycles. The summed E-state index contributed by atoms with van der Waals surface area (Å²) in [4.78, 5) is 62.6. The number of aromatic carboxylic acids is 1.